The zero-order chi connectivity index (χ0) is 22.8. The van der Waals surface area contributed by atoms with Crippen molar-refractivity contribution in [1.82, 2.24) is 14.7 Å². The van der Waals surface area contributed by atoms with Crippen molar-refractivity contribution < 1.29 is 14.3 Å². The van der Waals surface area contributed by atoms with E-state index in [1.165, 1.54) is 11.3 Å². The lowest BCUT2D eigenvalue weighted by Gasteiger charge is -2.17. The Morgan fingerprint density at radius 3 is 2.50 bits per heavy atom. The first kappa shape index (κ1) is 22.2. The highest BCUT2D eigenvalue weighted by Crippen LogP contribution is 2.32. The van der Waals surface area contributed by atoms with Crippen LogP contribution in [0.2, 0.25) is 5.02 Å². The van der Waals surface area contributed by atoms with Crippen molar-refractivity contribution in [2.24, 2.45) is 0 Å². The van der Waals surface area contributed by atoms with Crippen LogP contribution in [0.3, 0.4) is 0 Å². The average Bonchev–Trinajstić information content (AvgIpc) is 3.37. The van der Waals surface area contributed by atoms with Crippen LogP contribution in [0.15, 0.2) is 48.5 Å². The van der Waals surface area contributed by atoms with Crippen LogP contribution in [0.5, 0.6) is 11.5 Å². The van der Waals surface area contributed by atoms with Crippen LogP contribution < -0.4 is 9.47 Å². The summed E-state index contributed by atoms with van der Waals surface area (Å²) in [7, 11) is 5.06. The van der Waals surface area contributed by atoms with Crippen molar-refractivity contribution in [3.8, 4) is 17.2 Å². The van der Waals surface area contributed by atoms with Gasteiger partial charge in [-0.3, -0.25) is 4.79 Å². The van der Waals surface area contributed by atoms with Crippen molar-refractivity contribution in [2.45, 2.75) is 13.3 Å². The number of nitrogens with zero attached hydrogens (tertiary/aromatic N) is 3. The number of likely N-dealkylation sites (N-methyl/N-ethyl adjacent to an activating group) is 1. The molecule has 6 nitrogen and oxygen atoms in total. The molecule has 0 saturated heterocycles. The molecule has 0 N–H and O–H groups in total. The SMILES string of the molecule is COc1ccc(CCN(C)C(=O)c2cc3c(C)nn(-c4ccc(Cl)cc4)c3s2)cc1OC. The maximum atomic E-state index is 13.1. The predicted octanol–water partition coefficient (Wildman–Crippen LogP) is 5.38. The first-order chi connectivity index (χ1) is 15.4. The number of rotatable bonds is 7. The number of carbonyl (C=O) groups is 1. The van der Waals surface area contributed by atoms with E-state index in [-0.39, 0.29) is 5.91 Å². The molecule has 0 aliphatic carbocycles. The maximum absolute atomic E-state index is 13.1. The van der Waals surface area contributed by atoms with Gasteiger partial charge in [-0.1, -0.05) is 17.7 Å². The molecule has 0 atom stereocenters. The van der Waals surface area contributed by atoms with Crippen molar-refractivity contribution in [2.75, 3.05) is 27.8 Å². The third kappa shape index (κ3) is 4.31. The summed E-state index contributed by atoms with van der Waals surface area (Å²) < 4.78 is 12.5. The fraction of sp³-hybridized carbons (Fsp3) is 0.250. The second-order valence-electron chi connectivity index (χ2n) is 7.47. The number of carbonyl (C=O) groups excluding carboxylic acids is 1. The van der Waals surface area contributed by atoms with Gasteiger partial charge in [0.1, 0.15) is 4.83 Å². The molecule has 2 aromatic carbocycles. The standard InChI is InChI=1S/C24H24ClN3O3S/c1-15-19-14-22(32-24(19)28(26-15)18-8-6-17(25)7-9-18)23(29)27(2)12-11-16-5-10-20(30-3)21(13-16)31-4/h5-10,13-14H,11-12H2,1-4H3. The van der Waals surface area contributed by atoms with Gasteiger partial charge in [-0.25, -0.2) is 4.68 Å². The van der Waals surface area contributed by atoms with Crippen LogP contribution in [0, 0.1) is 6.92 Å². The molecule has 0 aliphatic rings. The number of amides is 1. The van der Waals surface area contributed by atoms with Gasteiger partial charge in [0.15, 0.2) is 11.5 Å². The predicted molar refractivity (Wildman–Crippen MR) is 129 cm³/mol. The Morgan fingerprint density at radius 1 is 1.09 bits per heavy atom. The van der Waals surface area contributed by atoms with E-state index in [9.17, 15) is 4.79 Å². The van der Waals surface area contributed by atoms with Crippen molar-refractivity contribution >= 4 is 39.1 Å². The van der Waals surface area contributed by atoms with Gasteiger partial charge >= 0.3 is 0 Å². The molecule has 0 aliphatic heterocycles. The summed E-state index contributed by atoms with van der Waals surface area (Å²) in [6, 6.07) is 15.3. The third-order valence-electron chi connectivity index (χ3n) is 5.36. The Balaban J connectivity index is 1.52. The number of hydrogen-bond acceptors (Lipinski definition) is 5. The zero-order valence-corrected chi connectivity index (χ0v) is 20.0. The minimum atomic E-state index is -0.00580. The molecule has 2 heterocycles. The second kappa shape index (κ2) is 9.22. The number of aromatic nitrogens is 2. The highest BCUT2D eigenvalue weighted by Gasteiger charge is 2.20. The van der Waals surface area contributed by atoms with Crippen molar-refractivity contribution in [3.05, 3.63) is 69.7 Å². The maximum Gasteiger partial charge on any atom is 0.263 e. The number of aryl methyl sites for hydroxylation is 1. The molecule has 0 unspecified atom stereocenters. The van der Waals surface area contributed by atoms with Crippen LogP contribution in [0.4, 0.5) is 0 Å². The molecule has 4 aromatic rings. The Labute approximate surface area is 195 Å². The minimum Gasteiger partial charge on any atom is -0.493 e. The zero-order valence-electron chi connectivity index (χ0n) is 18.4. The van der Waals surface area contributed by atoms with E-state index in [0.29, 0.717) is 34.4 Å². The molecule has 1 amide bonds. The van der Waals surface area contributed by atoms with Gasteiger partial charge in [0.05, 0.1) is 30.5 Å². The van der Waals surface area contributed by atoms with E-state index in [1.54, 1.807) is 19.1 Å². The van der Waals surface area contributed by atoms with Crippen LogP contribution >= 0.6 is 22.9 Å². The summed E-state index contributed by atoms with van der Waals surface area (Å²) in [5.74, 6) is 1.37. The summed E-state index contributed by atoms with van der Waals surface area (Å²) in [6.45, 7) is 2.54. The van der Waals surface area contributed by atoms with Gasteiger partial charge in [-0.05, 0) is 61.4 Å². The van der Waals surface area contributed by atoms with E-state index < -0.39 is 0 Å². The lowest BCUT2D eigenvalue weighted by Crippen LogP contribution is -2.28. The normalized spacial score (nSPS) is 11.0. The number of halogens is 1. The van der Waals surface area contributed by atoms with Crippen LogP contribution in [0.1, 0.15) is 20.9 Å². The highest BCUT2D eigenvalue weighted by atomic mass is 35.5. The monoisotopic (exact) mass is 469 g/mol. The van der Waals surface area contributed by atoms with Gasteiger partial charge in [0, 0.05) is 24.0 Å². The van der Waals surface area contributed by atoms with E-state index in [1.807, 2.05) is 67.2 Å². The molecule has 32 heavy (non-hydrogen) atoms. The van der Waals surface area contributed by atoms with Gasteiger partial charge in [0.25, 0.3) is 5.91 Å². The molecule has 0 fully saturated rings. The second-order valence-corrected chi connectivity index (χ2v) is 8.94. The van der Waals surface area contributed by atoms with Crippen molar-refractivity contribution in [3.63, 3.8) is 0 Å². The molecule has 0 saturated carbocycles. The molecule has 0 spiro atoms. The van der Waals surface area contributed by atoms with Gasteiger partial charge in [-0.2, -0.15) is 5.10 Å². The Morgan fingerprint density at radius 2 is 1.81 bits per heavy atom. The number of fused-ring (bicyclic) bond motifs is 1. The molecular formula is C24H24ClN3O3S. The fourth-order valence-corrected chi connectivity index (χ4v) is 4.84. The van der Waals surface area contributed by atoms with Gasteiger partial charge in [0.2, 0.25) is 0 Å². The summed E-state index contributed by atoms with van der Waals surface area (Å²) in [6.07, 6.45) is 0.713. The largest absolute Gasteiger partial charge is 0.493 e. The molecule has 0 radical (unpaired) electrons. The number of ether oxygens (including phenoxy) is 2. The summed E-state index contributed by atoms with van der Waals surface area (Å²) in [4.78, 5) is 16.5. The van der Waals surface area contributed by atoms with Crippen LogP contribution in [-0.2, 0) is 6.42 Å². The molecule has 2 aromatic heterocycles. The molecule has 4 rings (SSSR count). The number of benzene rings is 2. The van der Waals surface area contributed by atoms with Gasteiger partial charge < -0.3 is 14.4 Å². The van der Waals surface area contributed by atoms with Crippen molar-refractivity contribution in [1.29, 1.82) is 0 Å². The van der Waals surface area contributed by atoms with E-state index in [2.05, 4.69) is 5.10 Å². The highest BCUT2D eigenvalue weighted by molar-refractivity contribution is 7.20. The van der Waals surface area contributed by atoms with E-state index in [0.717, 1.165) is 27.2 Å². The summed E-state index contributed by atoms with van der Waals surface area (Å²) in [5, 5.41) is 6.30. The lowest BCUT2D eigenvalue weighted by atomic mass is 10.1. The third-order valence-corrected chi connectivity index (χ3v) is 6.71. The Hall–Kier alpha value is -3.03. The Kier molecular flexibility index (Phi) is 6.39. The summed E-state index contributed by atoms with van der Waals surface area (Å²) >= 11 is 7.47. The summed E-state index contributed by atoms with van der Waals surface area (Å²) in [5.41, 5.74) is 2.88. The molecular weight excluding hydrogens is 446 g/mol. The lowest BCUT2D eigenvalue weighted by molar-refractivity contribution is 0.0801. The van der Waals surface area contributed by atoms with E-state index in [4.69, 9.17) is 21.1 Å². The number of methoxy groups -OCH3 is 2. The van der Waals surface area contributed by atoms with Crippen LogP contribution in [0.25, 0.3) is 15.9 Å². The molecule has 0 bridgehead atoms. The topological polar surface area (TPSA) is 56.6 Å². The van der Waals surface area contributed by atoms with Crippen LogP contribution in [-0.4, -0.2) is 48.4 Å². The number of thiophene rings is 1. The minimum absolute atomic E-state index is 0.00580. The first-order valence-corrected chi connectivity index (χ1v) is 11.3. The van der Waals surface area contributed by atoms with E-state index >= 15 is 0 Å². The molecule has 8 heteroatoms. The fourth-order valence-electron chi connectivity index (χ4n) is 3.53. The van der Waals surface area contributed by atoms with Gasteiger partial charge in [-0.15, -0.1) is 11.3 Å². The quantitative estimate of drug-likeness (QED) is 0.364. The number of hydrogen-bond donors (Lipinski definition) is 0. The molecule has 166 valence electrons. The average molecular weight is 470 g/mol. The Bertz CT molecular complexity index is 1260. The smallest absolute Gasteiger partial charge is 0.263 e. The first-order valence-electron chi connectivity index (χ1n) is 10.1.